The van der Waals surface area contributed by atoms with Gasteiger partial charge in [-0.15, -0.1) is 11.3 Å². The Balaban J connectivity index is 1.31. The number of hydrogen-bond acceptors (Lipinski definition) is 4. The lowest BCUT2D eigenvalue weighted by molar-refractivity contribution is -0.130. The standard InChI is InChI=1S/C16H23N3OS/c20-16-5-2-8-19(16)12-6-9-18(10-7-12)11-15-17-13-3-1-4-14(13)21-15/h12H,1-11H2. The molecule has 2 fully saturated rings. The minimum Gasteiger partial charge on any atom is -0.340 e. The molecular weight excluding hydrogens is 282 g/mol. The Hall–Kier alpha value is -0.940. The van der Waals surface area contributed by atoms with Gasteiger partial charge in [0.25, 0.3) is 0 Å². The van der Waals surface area contributed by atoms with E-state index in [4.69, 9.17) is 4.98 Å². The van der Waals surface area contributed by atoms with Gasteiger partial charge in [0.15, 0.2) is 0 Å². The van der Waals surface area contributed by atoms with Crippen molar-refractivity contribution in [3.8, 4) is 0 Å². The van der Waals surface area contributed by atoms with Gasteiger partial charge in [0, 0.05) is 37.0 Å². The highest BCUT2D eigenvalue weighted by Gasteiger charge is 2.31. The molecule has 21 heavy (non-hydrogen) atoms. The predicted molar refractivity (Wildman–Crippen MR) is 83.4 cm³/mol. The normalized spacial score (nSPS) is 24.0. The molecule has 1 amide bonds. The first-order chi connectivity index (χ1) is 10.3. The van der Waals surface area contributed by atoms with Crippen molar-refractivity contribution < 1.29 is 4.79 Å². The second-order valence-electron chi connectivity index (χ2n) is 6.53. The second kappa shape index (κ2) is 5.69. The maximum atomic E-state index is 11.8. The van der Waals surface area contributed by atoms with Crippen molar-refractivity contribution in [2.24, 2.45) is 0 Å². The van der Waals surface area contributed by atoms with Gasteiger partial charge in [-0.05, 0) is 38.5 Å². The van der Waals surface area contributed by atoms with E-state index in [0.717, 1.165) is 51.9 Å². The molecule has 0 spiro atoms. The maximum absolute atomic E-state index is 11.8. The summed E-state index contributed by atoms with van der Waals surface area (Å²) in [5.41, 5.74) is 1.37. The Kier molecular flexibility index (Phi) is 3.71. The first-order valence-corrected chi connectivity index (χ1v) is 9.10. The van der Waals surface area contributed by atoms with Crippen molar-refractivity contribution >= 4 is 17.2 Å². The summed E-state index contributed by atoms with van der Waals surface area (Å²) in [6.07, 6.45) is 7.82. The Morgan fingerprint density at radius 2 is 1.95 bits per heavy atom. The number of amides is 1. The molecule has 5 heteroatoms. The molecule has 2 saturated heterocycles. The number of aromatic nitrogens is 1. The van der Waals surface area contributed by atoms with Crippen molar-refractivity contribution in [3.63, 3.8) is 0 Å². The third kappa shape index (κ3) is 2.73. The molecule has 0 atom stereocenters. The summed E-state index contributed by atoms with van der Waals surface area (Å²) in [6, 6.07) is 0.498. The topological polar surface area (TPSA) is 36.4 Å². The summed E-state index contributed by atoms with van der Waals surface area (Å²) < 4.78 is 0. The molecule has 0 unspecified atom stereocenters. The van der Waals surface area contributed by atoms with Gasteiger partial charge in [-0.2, -0.15) is 0 Å². The van der Waals surface area contributed by atoms with Gasteiger partial charge in [-0.25, -0.2) is 4.98 Å². The van der Waals surface area contributed by atoms with Crippen LogP contribution in [0.1, 0.15) is 47.7 Å². The summed E-state index contributed by atoms with van der Waals surface area (Å²) in [5, 5.41) is 1.30. The third-order valence-corrected chi connectivity index (χ3v) is 6.25. The number of thiazole rings is 1. The molecule has 0 N–H and O–H groups in total. The van der Waals surface area contributed by atoms with Crippen LogP contribution in [0.2, 0.25) is 0 Å². The predicted octanol–water partition coefficient (Wildman–Crippen LogP) is 2.22. The number of fused-ring (bicyclic) bond motifs is 1. The number of rotatable bonds is 3. The number of nitrogens with zero attached hydrogens (tertiary/aromatic N) is 3. The lowest BCUT2D eigenvalue weighted by Gasteiger charge is -2.36. The molecule has 1 aromatic heterocycles. The number of likely N-dealkylation sites (tertiary alicyclic amines) is 2. The lowest BCUT2D eigenvalue weighted by atomic mass is 10.0. The van der Waals surface area contributed by atoms with E-state index in [1.165, 1.54) is 34.8 Å². The smallest absolute Gasteiger partial charge is 0.222 e. The highest BCUT2D eigenvalue weighted by atomic mass is 32.1. The minimum atomic E-state index is 0.379. The van der Waals surface area contributed by atoms with Crippen molar-refractivity contribution in [2.75, 3.05) is 19.6 Å². The van der Waals surface area contributed by atoms with E-state index < -0.39 is 0 Å². The van der Waals surface area contributed by atoms with E-state index in [9.17, 15) is 4.79 Å². The molecule has 4 rings (SSSR count). The zero-order chi connectivity index (χ0) is 14.2. The van der Waals surface area contributed by atoms with Crippen molar-refractivity contribution in [1.82, 2.24) is 14.8 Å². The SMILES string of the molecule is O=C1CCCN1C1CCN(Cc2nc3c(s2)CCC3)CC1. The first-order valence-electron chi connectivity index (χ1n) is 8.29. The molecule has 2 aliphatic heterocycles. The van der Waals surface area contributed by atoms with Gasteiger partial charge in [0.1, 0.15) is 5.01 Å². The van der Waals surface area contributed by atoms with Crippen LogP contribution in [0.25, 0.3) is 0 Å². The number of carbonyl (C=O) groups is 1. The lowest BCUT2D eigenvalue weighted by Crippen LogP contribution is -2.45. The number of carbonyl (C=O) groups excluding carboxylic acids is 1. The van der Waals surface area contributed by atoms with Gasteiger partial charge in [0.2, 0.25) is 5.91 Å². The summed E-state index contributed by atoms with van der Waals surface area (Å²) >= 11 is 1.92. The summed E-state index contributed by atoms with van der Waals surface area (Å²) in [7, 11) is 0. The summed E-state index contributed by atoms with van der Waals surface area (Å²) in [5.74, 6) is 0.379. The van der Waals surface area contributed by atoms with Crippen LogP contribution in [0, 0.1) is 0 Å². The van der Waals surface area contributed by atoms with Crippen LogP contribution in [0.3, 0.4) is 0 Å². The highest BCUT2D eigenvalue weighted by Crippen LogP contribution is 2.29. The third-order valence-electron chi connectivity index (χ3n) is 5.11. The van der Waals surface area contributed by atoms with E-state index >= 15 is 0 Å². The fourth-order valence-corrected chi connectivity index (χ4v) is 5.15. The van der Waals surface area contributed by atoms with Crippen molar-refractivity contribution in [1.29, 1.82) is 0 Å². The fourth-order valence-electron chi connectivity index (χ4n) is 3.95. The molecule has 1 aliphatic carbocycles. The van der Waals surface area contributed by atoms with Crippen LogP contribution < -0.4 is 0 Å². The summed E-state index contributed by atoms with van der Waals surface area (Å²) in [6.45, 7) is 4.22. The summed E-state index contributed by atoms with van der Waals surface area (Å²) in [4.78, 5) is 22.8. The average molecular weight is 305 g/mol. The van der Waals surface area contributed by atoms with Crippen LogP contribution in [0.15, 0.2) is 0 Å². The van der Waals surface area contributed by atoms with Gasteiger partial charge in [0.05, 0.1) is 12.2 Å². The zero-order valence-electron chi connectivity index (χ0n) is 12.5. The molecule has 3 aliphatic rings. The molecule has 0 aromatic carbocycles. The first kappa shape index (κ1) is 13.7. The fraction of sp³-hybridized carbons (Fsp3) is 0.750. The van der Waals surface area contributed by atoms with E-state index in [-0.39, 0.29) is 0 Å². The molecule has 0 radical (unpaired) electrons. The Morgan fingerprint density at radius 3 is 2.67 bits per heavy atom. The van der Waals surface area contributed by atoms with Crippen LogP contribution >= 0.6 is 11.3 Å². The van der Waals surface area contributed by atoms with E-state index in [2.05, 4.69) is 9.80 Å². The van der Waals surface area contributed by atoms with Gasteiger partial charge in [-0.3, -0.25) is 9.69 Å². The second-order valence-corrected chi connectivity index (χ2v) is 7.70. The largest absolute Gasteiger partial charge is 0.340 e. The zero-order valence-corrected chi connectivity index (χ0v) is 13.3. The maximum Gasteiger partial charge on any atom is 0.222 e. The number of aryl methyl sites for hydroxylation is 2. The molecule has 0 saturated carbocycles. The Morgan fingerprint density at radius 1 is 1.10 bits per heavy atom. The van der Waals surface area contributed by atoms with Crippen LogP contribution in [0.4, 0.5) is 0 Å². The highest BCUT2D eigenvalue weighted by molar-refractivity contribution is 7.11. The van der Waals surface area contributed by atoms with Crippen LogP contribution in [0.5, 0.6) is 0 Å². The van der Waals surface area contributed by atoms with Crippen LogP contribution in [-0.2, 0) is 24.2 Å². The number of hydrogen-bond donors (Lipinski definition) is 0. The van der Waals surface area contributed by atoms with Gasteiger partial charge >= 0.3 is 0 Å². The van der Waals surface area contributed by atoms with E-state index in [1.54, 1.807) is 0 Å². The molecule has 1 aromatic rings. The Labute approximate surface area is 130 Å². The monoisotopic (exact) mass is 305 g/mol. The van der Waals surface area contributed by atoms with E-state index in [1.807, 2.05) is 11.3 Å². The van der Waals surface area contributed by atoms with Crippen LogP contribution in [-0.4, -0.2) is 46.4 Å². The minimum absolute atomic E-state index is 0.379. The quantitative estimate of drug-likeness (QED) is 0.859. The molecule has 3 heterocycles. The van der Waals surface area contributed by atoms with Gasteiger partial charge < -0.3 is 4.90 Å². The van der Waals surface area contributed by atoms with Crippen molar-refractivity contribution in [3.05, 3.63) is 15.6 Å². The van der Waals surface area contributed by atoms with Crippen molar-refractivity contribution in [2.45, 2.75) is 57.5 Å². The Bertz CT molecular complexity index is 512. The molecular formula is C16H23N3OS. The molecule has 0 bridgehead atoms. The van der Waals surface area contributed by atoms with Gasteiger partial charge in [-0.1, -0.05) is 0 Å². The molecule has 4 nitrogen and oxygen atoms in total. The number of piperidine rings is 1. The van der Waals surface area contributed by atoms with E-state index in [0.29, 0.717) is 11.9 Å². The average Bonchev–Trinajstić information content (AvgIpc) is 3.16. The molecule has 114 valence electrons.